The molecular weight excluding hydrogens is 243 g/mol. The summed E-state index contributed by atoms with van der Waals surface area (Å²) in [5.41, 5.74) is 0.913. The van der Waals surface area contributed by atoms with Gasteiger partial charge in [0, 0.05) is 12.1 Å². The standard InChI is InChI=1S/C13H16F3NO/c1-2-5-11-6-3-4-7-12(11)18-9-8-17-10-13(14,15)16/h2-7,17H,8-10H2,1H3. The van der Waals surface area contributed by atoms with Gasteiger partial charge in [-0.1, -0.05) is 30.4 Å². The number of hydrogen-bond donors (Lipinski definition) is 1. The van der Waals surface area contributed by atoms with E-state index in [1.165, 1.54) is 0 Å². The van der Waals surface area contributed by atoms with Crippen LogP contribution in [0.3, 0.4) is 0 Å². The fourth-order valence-corrected chi connectivity index (χ4v) is 1.39. The first kappa shape index (κ1) is 14.6. The quantitative estimate of drug-likeness (QED) is 0.792. The van der Waals surface area contributed by atoms with E-state index < -0.39 is 12.7 Å². The maximum atomic E-state index is 11.9. The lowest BCUT2D eigenvalue weighted by Crippen LogP contribution is -2.31. The Bertz CT molecular complexity index is 388. The summed E-state index contributed by atoms with van der Waals surface area (Å²) in [6.07, 6.45) is -0.411. The number of alkyl halides is 3. The second-order valence-corrected chi connectivity index (χ2v) is 3.68. The molecule has 18 heavy (non-hydrogen) atoms. The fraction of sp³-hybridized carbons (Fsp3) is 0.385. The minimum absolute atomic E-state index is 0.156. The number of rotatable bonds is 6. The molecule has 1 aromatic carbocycles. The Hall–Kier alpha value is -1.49. The number of para-hydroxylation sites is 1. The molecule has 0 aromatic heterocycles. The highest BCUT2D eigenvalue weighted by molar-refractivity contribution is 5.56. The van der Waals surface area contributed by atoms with Gasteiger partial charge in [0.15, 0.2) is 0 Å². The third kappa shape index (κ3) is 5.72. The summed E-state index contributed by atoms with van der Waals surface area (Å²) in [4.78, 5) is 0. The zero-order valence-electron chi connectivity index (χ0n) is 10.1. The summed E-state index contributed by atoms with van der Waals surface area (Å²) in [5.74, 6) is 0.671. The van der Waals surface area contributed by atoms with E-state index >= 15 is 0 Å². The first-order chi connectivity index (χ1) is 8.53. The van der Waals surface area contributed by atoms with E-state index in [0.717, 1.165) is 5.56 Å². The minimum Gasteiger partial charge on any atom is -0.492 e. The first-order valence-electron chi connectivity index (χ1n) is 5.65. The molecule has 1 aromatic rings. The number of allylic oxidation sites excluding steroid dienone is 1. The van der Waals surface area contributed by atoms with Crippen LogP contribution in [0.25, 0.3) is 6.08 Å². The lowest BCUT2D eigenvalue weighted by Gasteiger charge is -2.11. The van der Waals surface area contributed by atoms with Crippen LogP contribution in [0.4, 0.5) is 13.2 Å². The summed E-state index contributed by atoms with van der Waals surface area (Å²) in [7, 11) is 0. The predicted molar refractivity (Wildman–Crippen MR) is 65.6 cm³/mol. The van der Waals surface area contributed by atoms with Gasteiger partial charge in [0.2, 0.25) is 0 Å². The lowest BCUT2D eigenvalue weighted by atomic mass is 10.2. The van der Waals surface area contributed by atoms with Gasteiger partial charge in [0.1, 0.15) is 12.4 Å². The number of nitrogens with one attached hydrogen (secondary N) is 1. The van der Waals surface area contributed by atoms with Crippen LogP contribution in [0.2, 0.25) is 0 Å². The third-order valence-corrected chi connectivity index (χ3v) is 2.13. The van der Waals surface area contributed by atoms with Crippen LogP contribution < -0.4 is 10.1 Å². The average Bonchev–Trinajstić information content (AvgIpc) is 2.29. The zero-order valence-corrected chi connectivity index (χ0v) is 10.1. The van der Waals surface area contributed by atoms with Crippen LogP contribution in [0.5, 0.6) is 5.75 Å². The van der Waals surface area contributed by atoms with Crippen molar-refractivity contribution in [1.29, 1.82) is 0 Å². The van der Waals surface area contributed by atoms with E-state index in [1.54, 1.807) is 6.07 Å². The molecule has 0 amide bonds. The van der Waals surface area contributed by atoms with Crippen molar-refractivity contribution >= 4 is 6.08 Å². The molecule has 2 nitrogen and oxygen atoms in total. The normalized spacial score (nSPS) is 12.0. The Morgan fingerprint density at radius 3 is 2.67 bits per heavy atom. The molecule has 5 heteroatoms. The van der Waals surface area contributed by atoms with E-state index in [1.807, 2.05) is 37.3 Å². The Morgan fingerprint density at radius 1 is 1.28 bits per heavy atom. The van der Waals surface area contributed by atoms with E-state index in [-0.39, 0.29) is 13.2 Å². The number of halogens is 3. The van der Waals surface area contributed by atoms with Crippen LogP contribution in [0.15, 0.2) is 30.3 Å². The topological polar surface area (TPSA) is 21.3 Å². The second-order valence-electron chi connectivity index (χ2n) is 3.68. The SMILES string of the molecule is CC=Cc1ccccc1OCCNCC(F)(F)F. The lowest BCUT2D eigenvalue weighted by molar-refractivity contribution is -0.124. The summed E-state index contributed by atoms with van der Waals surface area (Å²) < 4.78 is 41.0. The maximum absolute atomic E-state index is 11.9. The van der Waals surface area contributed by atoms with Gasteiger partial charge < -0.3 is 10.1 Å². The molecule has 1 rings (SSSR count). The number of ether oxygens (including phenoxy) is 1. The van der Waals surface area contributed by atoms with Crippen LogP contribution in [-0.4, -0.2) is 25.9 Å². The number of hydrogen-bond acceptors (Lipinski definition) is 2. The molecule has 0 spiro atoms. The van der Waals surface area contributed by atoms with Gasteiger partial charge >= 0.3 is 6.18 Å². The monoisotopic (exact) mass is 259 g/mol. The summed E-state index contributed by atoms with van der Waals surface area (Å²) in [6, 6.07) is 7.38. The minimum atomic E-state index is -4.18. The molecule has 100 valence electrons. The van der Waals surface area contributed by atoms with E-state index in [0.29, 0.717) is 5.75 Å². The maximum Gasteiger partial charge on any atom is 0.401 e. The summed E-state index contributed by atoms with van der Waals surface area (Å²) in [6.45, 7) is 1.25. The Morgan fingerprint density at radius 2 is 2.00 bits per heavy atom. The van der Waals surface area contributed by atoms with Crippen molar-refractivity contribution < 1.29 is 17.9 Å². The van der Waals surface area contributed by atoms with E-state index in [9.17, 15) is 13.2 Å². The van der Waals surface area contributed by atoms with E-state index in [2.05, 4.69) is 5.32 Å². The van der Waals surface area contributed by atoms with Gasteiger partial charge in [-0.2, -0.15) is 13.2 Å². The highest BCUT2D eigenvalue weighted by Crippen LogP contribution is 2.19. The van der Waals surface area contributed by atoms with Crippen LogP contribution >= 0.6 is 0 Å². The zero-order chi connectivity index (χ0) is 13.4. The van der Waals surface area contributed by atoms with Crippen molar-refractivity contribution in [2.24, 2.45) is 0 Å². The van der Waals surface area contributed by atoms with E-state index in [4.69, 9.17) is 4.74 Å². The molecule has 1 N–H and O–H groups in total. The fourth-order valence-electron chi connectivity index (χ4n) is 1.39. The summed E-state index contributed by atoms with van der Waals surface area (Å²) in [5, 5.41) is 2.28. The molecular formula is C13H16F3NO. The van der Waals surface area contributed by atoms with Gasteiger partial charge in [-0.25, -0.2) is 0 Å². The predicted octanol–water partition coefficient (Wildman–Crippen LogP) is 3.25. The molecule has 0 saturated carbocycles. The van der Waals surface area contributed by atoms with Gasteiger partial charge in [0.25, 0.3) is 0 Å². The number of benzene rings is 1. The van der Waals surface area contributed by atoms with Crippen molar-refractivity contribution in [3.8, 4) is 5.75 Å². The molecule has 0 radical (unpaired) electrons. The highest BCUT2D eigenvalue weighted by atomic mass is 19.4. The van der Waals surface area contributed by atoms with Gasteiger partial charge in [0.05, 0.1) is 6.54 Å². The van der Waals surface area contributed by atoms with Crippen LogP contribution in [-0.2, 0) is 0 Å². The highest BCUT2D eigenvalue weighted by Gasteiger charge is 2.25. The smallest absolute Gasteiger partial charge is 0.401 e. The van der Waals surface area contributed by atoms with Gasteiger partial charge in [-0.05, 0) is 13.0 Å². The Kier molecular flexibility index (Phi) is 5.71. The molecule has 0 aliphatic carbocycles. The largest absolute Gasteiger partial charge is 0.492 e. The van der Waals surface area contributed by atoms with Crippen molar-refractivity contribution in [3.63, 3.8) is 0 Å². The van der Waals surface area contributed by atoms with Crippen LogP contribution in [0, 0.1) is 0 Å². The Balaban J connectivity index is 2.35. The summed E-state index contributed by atoms with van der Waals surface area (Å²) >= 11 is 0. The molecule has 0 atom stereocenters. The molecule has 0 unspecified atom stereocenters. The molecule has 0 fully saturated rings. The molecule has 0 saturated heterocycles. The molecule has 0 bridgehead atoms. The Labute approximate surface area is 104 Å². The third-order valence-electron chi connectivity index (χ3n) is 2.13. The van der Waals surface area contributed by atoms with Crippen molar-refractivity contribution in [1.82, 2.24) is 5.32 Å². The van der Waals surface area contributed by atoms with Crippen LogP contribution in [0.1, 0.15) is 12.5 Å². The van der Waals surface area contributed by atoms with Gasteiger partial charge in [-0.3, -0.25) is 0 Å². The van der Waals surface area contributed by atoms with Crippen molar-refractivity contribution in [2.45, 2.75) is 13.1 Å². The van der Waals surface area contributed by atoms with Gasteiger partial charge in [-0.15, -0.1) is 0 Å². The molecule has 0 aliphatic heterocycles. The molecule has 0 aliphatic rings. The average molecular weight is 259 g/mol. The molecule has 0 heterocycles. The second kappa shape index (κ2) is 7.06. The first-order valence-corrected chi connectivity index (χ1v) is 5.65. The van der Waals surface area contributed by atoms with Crippen molar-refractivity contribution in [2.75, 3.05) is 19.7 Å². The van der Waals surface area contributed by atoms with Crippen molar-refractivity contribution in [3.05, 3.63) is 35.9 Å².